The van der Waals surface area contributed by atoms with Gasteiger partial charge in [0.05, 0.1) is 11.3 Å². The molecule has 2 aromatic carbocycles. The highest BCUT2D eigenvalue weighted by Crippen LogP contribution is 2.17. The molecule has 0 aliphatic rings. The van der Waals surface area contributed by atoms with E-state index in [0.29, 0.717) is 11.4 Å². The molecule has 2 N–H and O–H groups in total. The first-order valence-electron chi connectivity index (χ1n) is 9.01. The topological polar surface area (TPSA) is 101 Å². The molecule has 0 bridgehead atoms. The number of carbonyl (C=O) groups is 1. The van der Waals surface area contributed by atoms with Crippen LogP contribution in [0.15, 0.2) is 59.6 Å². The number of benzene rings is 2. The first kappa shape index (κ1) is 20.5. The van der Waals surface area contributed by atoms with Crippen LogP contribution >= 0.6 is 0 Å². The molecule has 3 rings (SSSR count). The second kappa shape index (κ2) is 8.40. The van der Waals surface area contributed by atoms with E-state index in [1.165, 1.54) is 18.3 Å². The number of anilines is 2. The van der Waals surface area contributed by atoms with Gasteiger partial charge in [0.2, 0.25) is 11.9 Å². The largest absolute Gasteiger partial charge is 0.326 e. The van der Waals surface area contributed by atoms with Gasteiger partial charge in [0, 0.05) is 17.6 Å². The summed E-state index contributed by atoms with van der Waals surface area (Å²) in [6.07, 6.45) is 1.73. The van der Waals surface area contributed by atoms with E-state index < -0.39 is 10.0 Å². The molecule has 0 aliphatic carbocycles. The van der Waals surface area contributed by atoms with E-state index in [9.17, 15) is 13.2 Å². The van der Waals surface area contributed by atoms with Gasteiger partial charge >= 0.3 is 0 Å². The molecule has 3 aromatic rings. The van der Waals surface area contributed by atoms with Gasteiger partial charge in [-0.05, 0) is 62.2 Å². The van der Waals surface area contributed by atoms with E-state index in [1.807, 2.05) is 32.0 Å². The van der Waals surface area contributed by atoms with E-state index in [0.717, 1.165) is 16.7 Å². The van der Waals surface area contributed by atoms with Crippen LogP contribution in [-0.4, -0.2) is 24.3 Å². The summed E-state index contributed by atoms with van der Waals surface area (Å²) in [6, 6.07) is 13.6. The number of nitrogens with zero attached hydrogens (tertiary/aromatic N) is 2. The molecule has 0 saturated heterocycles. The summed E-state index contributed by atoms with van der Waals surface area (Å²) in [5.74, 6) is -0.156. The van der Waals surface area contributed by atoms with Crippen molar-refractivity contribution in [1.82, 2.24) is 9.97 Å². The zero-order valence-corrected chi connectivity index (χ0v) is 17.2. The number of rotatable bonds is 6. The fraction of sp³-hybridized carbons (Fsp3) is 0.190. The number of carbonyl (C=O) groups excluding carboxylic acids is 1. The van der Waals surface area contributed by atoms with Crippen LogP contribution in [0.2, 0.25) is 0 Å². The smallest absolute Gasteiger partial charge is 0.264 e. The average molecular weight is 410 g/mol. The number of amides is 1. The van der Waals surface area contributed by atoms with Gasteiger partial charge in [0.1, 0.15) is 0 Å². The summed E-state index contributed by atoms with van der Waals surface area (Å²) in [5, 5.41) is 2.79. The summed E-state index contributed by atoms with van der Waals surface area (Å²) in [6.45, 7) is 5.69. The van der Waals surface area contributed by atoms with E-state index in [4.69, 9.17) is 0 Å². The Balaban J connectivity index is 1.68. The van der Waals surface area contributed by atoms with Gasteiger partial charge in [-0.1, -0.05) is 23.8 Å². The molecular weight excluding hydrogens is 388 g/mol. The van der Waals surface area contributed by atoms with Gasteiger partial charge in [-0.3, -0.25) is 4.79 Å². The third-order valence-electron chi connectivity index (χ3n) is 4.32. The van der Waals surface area contributed by atoms with Crippen LogP contribution in [0.4, 0.5) is 11.6 Å². The number of nitrogens with one attached hydrogen (secondary N) is 2. The molecule has 150 valence electrons. The fourth-order valence-corrected chi connectivity index (χ4v) is 3.71. The van der Waals surface area contributed by atoms with Gasteiger partial charge in [-0.2, -0.15) is 0 Å². The van der Waals surface area contributed by atoms with Crippen LogP contribution < -0.4 is 10.0 Å². The zero-order valence-electron chi connectivity index (χ0n) is 16.4. The molecule has 0 fully saturated rings. The van der Waals surface area contributed by atoms with Crippen molar-refractivity contribution >= 4 is 27.6 Å². The van der Waals surface area contributed by atoms with Crippen molar-refractivity contribution in [1.29, 1.82) is 0 Å². The minimum atomic E-state index is -3.82. The van der Waals surface area contributed by atoms with Crippen molar-refractivity contribution in [3.05, 3.63) is 77.1 Å². The van der Waals surface area contributed by atoms with E-state index in [2.05, 4.69) is 20.0 Å². The maximum absolute atomic E-state index is 12.5. The van der Waals surface area contributed by atoms with Gasteiger partial charge in [0.25, 0.3) is 10.0 Å². The average Bonchev–Trinajstić information content (AvgIpc) is 2.65. The number of sulfonamides is 1. The summed E-state index contributed by atoms with van der Waals surface area (Å²) in [4.78, 5) is 20.3. The van der Waals surface area contributed by atoms with Gasteiger partial charge in [-0.25, -0.2) is 23.1 Å². The predicted molar refractivity (Wildman–Crippen MR) is 112 cm³/mol. The van der Waals surface area contributed by atoms with E-state index in [-0.39, 0.29) is 23.2 Å². The Kier molecular flexibility index (Phi) is 5.93. The lowest BCUT2D eigenvalue weighted by molar-refractivity contribution is -0.115. The SMILES string of the molecule is Cc1ccc(C)c(CC(=O)Nc2ccc(S(=O)(=O)Nc3nccc(C)n3)cc2)c1. The lowest BCUT2D eigenvalue weighted by Gasteiger charge is -2.10. The van der Waals surface area contributed by atoms with Gasteiger partial charge in [0.15, 0.2) is 0 Å². The van der Waals surface area contributed by atoms with Gasteiger partial charge < -0.3 is 5.32 Å². The van der Waals surface area contributed by atoms with Crippen LogP contribution in [0.1, 0.15) is 22.4 Å². The summed E-state index contributed by atoms with van der Waals surface area (Å²) < 4.78 is 27.3. The minimum Gasteiger partial charge on any atom is -0.326 e. The van der Waals surface area contributed by atoms with E-state index in [1.54, 1.807) is 25.1 Å². The monoisotopic (exact) mass is 410 g/mol. The molecule has 7 nitrogen and oxygen atoms in total. The fourth-order valence-electron chi connectivity index (χ4n) is 2.76. The standard InChI is InChI=1S/C21H22N4O3S/c1-14-4-5-15(2)17(12-14)13-20(26)24-18-6-8-19(9-7-18)29(27,28)25-21-22-11-10-16(3)23-21/h4-12H,13H2,1-3H3,(H,24,26)(H,22,23,25). The Morgan fingerprint density at radius 2 is 1.72 bits per heavy atom. The van der Waals surface area contributed by atoms with Crippen molar-refractivity contribution in [2.75, 3.05) is 10.0 Å². The first-order valence-corrected chi connectivity index (χ1v) is 10.5. The normalized spacial score (nSPS) is 11.1. The second-order valence-electron chi connectivity index (χ2n) is 6.81. The van der Waals surface area contributed by atoms with Crippen LogP contribution in [0.5, 0.6) is 0 Å². The third-order valence-corrected chi connectivity index (χ3v) is 5.67. The summed E-state index contributed by atoms with van der Waals surface area (Å²) in [5.41, 5.74) is 4.28. The molecule has 0 aliphatic heterocycles. The Morgan fingerprint density at radius 3 is 2.41 bits per heavy atom. The number of hydrogen-bond acceptors (Lipinski definition) is 5. The first-order chi connectivity index (χ1) is 13.7. The van der Waals surface area contributed by atoms with Gasteiger partial charge in [-0.15, -0.1) is 0 Å². The molecule has 1 heterocycles. The highest BCUT2D eigenvalue weighted by molar-refractivity contribution is 7.92. The second-order valence-corrected chi connectivity index (χ2v) is 8.49. The van der Waals surface area contributed by atoms with Crippen LogP contribution in [0.3, 0.4) is 0 Å². The zero-order chi connectivity index (χ0) is 21.0. The summed E-state index contributed by atoms with van der Waals surface area (Å²) in [7, 11) is -3.82. The third kappa shape index (κ3) is 5.39. The maximum Gasteiger partial charge on any atom is 0.264 e. The Morgan fingerprint density at radius 1 is 1.00 bits per heavy atom. The molecule has 1 aromatic heterocycles. The molecule has 29 heavy (non-hydrogen) atoms. The molecule has 0 spiro atoms. The molecule has 0 atom stereocenters. The van der Waals surface area contributed by atoms with Crippen molar-refractivity contribution in [3.8, 4) is 0 Å². The highest BCUT2D eigenvalue weighted by Gasteiger charge is 2.16. The molecule has 8 heteroatoms. The number of hydrogen-bond donors (Lipinski definition) is 2. The summed E-state index contributed by atoms with van der Waals surface area (Å²) >= 11 is 0. The minimum absolute atomic E-state index is 0.0101. The quantitative estimate of drug-likeness (QED) is 0.649. The molecule has 0 unspecified atom stereocenters. The lowest BCUT2D eigenvalue weighted by Crippen LogP contribution is -2.16. The Labute approximate surface area is 170 Å². The Hall–Kier alpha value is -3.26. The number of aryl methyl sites for hydroxylation is 3. The number of aromatic nitrogens is 2. The van der Waals surface area contributed by atoms with Crippen molar-refractivity contribution in [3.63, 3.8) is 0 Å². The van der Waals surface area contributed by atoms with E-state index >= 15 is 0 Å². The van der Waals surface area contributed by atoms with Crippen molar-refractivity contribution in [2.45, 2.75) is 32.1 Å². The molecular formula is C21H22N4O3S. The predicted octanol–water partition coefficient (Wildman–Crippen LogP) is 3.38. The van der Waals surface area contributed by atoms with Crippen LogP contribution in [-0.2, 0) is 21.2 Å². The molecule has 1 amide bonds. The van der Waals surface area contributed by atoms with Crippen molar-refractivity contribution in [2.24, 2.45) is 0 Å². The van der Waals surface area contributed by atoms with Crippen LogP contribution in [0.25, 0.3) is 0 Å². The lowest BCUT2D eigenvalue weighted by atomic mass is 10.0. The van der Waals surface area contributed by atoms with Crippen LogP contribution in [0, 0.1) is 20.8 Å². The maximum atomic E-state index is 12.5. The molecule has 0 saturated carbocycles. The highest BCUT2D eigenvalue weighted by atomic mass is 32.2. The Bertz CT molecular complexity index is 1140. The molecule has 0 radical (unpaired) electrons. The van der Waals surface area contributed by atoms with Crippen molar-refractivity contribution < 1.29 is 13.2 Å².